The van der Waals surface area contributed by atoms with Gasteiger partial charge in [-0.3, -0.25) is 0 Å². The third-order valence-corrected chi connectivity index (χ3v) is 4.02. The maximum atomic E-state index is 5.91. The van der Waals surface area contributed by atoms with E-state index in [1.54, 1.807) is 0 Å². The van der Waals surface area contributed by atoms with Gasteiger partial charge in [0.2, 0.25) is 0 Å². The molecule has 1 atom stereocenters. The Bertz CT molecular complexity index is 574. The number of fused-ring (bicyclic) bond motifs is 1. The number of aryl methyl sites for hydroxylation is 2. The van der Waals surface area contributed by atoms with Crippen LogP contribution in [0, 0.1) is 12.8 Å². The van der Waals surface area contributed by atoms with Gasteiger partial charge in [-0.15, -0.1) is 0 Å². The van der Waals surface area contributed by atoms with Crippen LogP contribution in [-0.4, -0.2) is 11.5 Å². The van der Waals surface area contributed by atoms with Crippen LogP contribution >= 0.6 is 0 Å². The van der Waals surface area contributed by atoms with Gasteiger partial charge in [-0.05, 0) is 43.4 Å². The number of benzene rings is 1. The second-order valence-corrected chi connectivity index (χ2v) is 5.43. The van der Waals surface area contributed by atoms with Gasteiger partial charge >= 0.3 is 0 Å². The van der Waals surface area contributed by atoms with Crippen molar-refractivity contribution in [3.8, 4) is 0 Å². The molecule has 1 aromatic heterocycles. The fourth-order valence-corrected chi connectivity index (χ4v) is 2.75. The molecule has 3 heteroatoms. The first kappa shape index (κ1) is 12.4. The fraction of sp³-hybridized carbons (Fsp3) is 0.438. The molecule has 0 saturated carbocycles. The van der Waals surface area contributed by atoms with Gasteiger partial charge in [0.15, 0.2) is 5.89 Å². The summed E-state index contributed by atoms with van der Waals surface area (Å²) in [6.07, 6.45) is 3.87. The molecule has 0 amide bonds. The van der Waals surface area contributed by atoms with Crippen molar-refractivity contribution in [3.63, 3.8) is 0 Å². The summed E-state index contributed by atoms with van der Waals surface area (Å²) in [4.78, 5) is 4.66. The van der Waals surface area contributed by atoms with Gasteiger partial charge in [-0.25, -0.2) is 4.98 Å². The minimum atomic E-state index is 0.573. The molecule has 19 heavy (non-hydrogen) atoms. The van der Waals surface area contributed by atoms with E-state index in [1.807, 2.05) is 0 Å². The van der Waals surface area contributed by atoms with Crippen LogP contribution in [0.3, 0.4) is 0 Å². The predicted octanol–water partition coefficient (Wildman–Crippen LogP) is 2.64. The monoisotopic (exact) mass is 256 g/mol. The quantitative estimate of drug-likeness (QED) is 0.918. The van der Waals surface area contributed by atoms with Crippen LogP contribution in [0.5, 0.6) is 0 Å². The summed E-state index contributed by atoms with van der Waals surface area (Å²) in [5, 5.41) is 0. The summed E-state index contributed by atoms with van der Waals surface area (Å²) in [7, 11) is 0. The molecule has 2 aromatic rings. The Balaban J connectivity index is 1.80. The molecule has 1 unspecified atom stereocenters. The molecule has 1 aromatic carbocycles. The standard InChI is InChI=1S/C16H20N2O/c1-11-4-2-3-5-13(11)9-16-18-14-8-12(10-17)6-7-15(14)19-16/h2-5,12H,6-10,17H2,1H3. The van der Waals surface area contributed by atoms with Crippen molar-refractivity contribution in [2.24, 2.45) is 11.7 Å². The average molecular weight is 256 g/mol. The predicted molar refractivity (Wildman–Crippen MR) is 75.1 cm³/mol. The minimum Gasteiger partial charge on any atom is -0.445 e. The molecule has 100 valence electrons. The zero-order valence-electron chi connectivity index (χ0n) is 11.4. The van der Waals surface area contributed by atoms with Crippen LogP contribution in [0.4, 0.5) is 0 Å². The molecule has 1 aliphatic rings. The van der Waals surface area contributed by atoms with Gasteiger partial charge in [0.1, 0.15) is 5.76 Å². The highest BCUT2D eigenvalue weighted by molar-refractivity contribution is 5.28. The number of hydrogen-bond donors (Lipinski definition) is 1. The normalized spacial score (nSPS) is 18.3. The van der Waals surface area contributed by atoms with Crippen molar-refractivity contribution in [2.45, 2.75) is 32.6 Å². The molecule has 0 bridgehead atoms. The second kappa shape index (κ2) is 5.17. The lowest BCUT2D eigenvalue weighted by atomic mass is 9.90. The number of rotatable bonds is 3. The number of nitrogens with zero attached hydrogens (tertiary/aromatic N) is 1. The van der Waals surface area contributed by atoms with E-state index in [2.05, 4.69) is 36.2 Å². The van der Waals surface area contributed by atoms with Crippen LogP contribution < -0.4 is 5.73 Å². The first-order valence-electron chi connectivity index (χ1n) is 6.98. The summed E-state index contributed by atoms with van der Waals surface area (Å²) >= 11 is 0. The molecule has 0 aliphatic heterocycles. The van der Waals surface area contributed by atoms with Crippen molar-refractivity contribution in [2.75, 3.05) is 6.54 Å². The molecule has 0 spiro atoms. The Morgan fingerprint density at radius 2 is 2.21 bits per heavy atom. The lowest BCUT2D eigenvalue weighted by Gasteiger charge is -2.17. The first-order chi connectivity index (χ1) is 9.26. The van der Waals surface area contributed by atoms with Crippen LogP contribution in [0.2, 0.25) is 0 Å². The summed E-state index contributed by atoms with van der Waals surface area (Å²) in [5.41, 5.74) is 9.46. The highest BCUT2D eigenvalue weighted by atomic mass is 16.4. The zero-order chi connectivity index (χ0) is 13.2. The third-order valence-electron chi connectivity index (χ3n) is 4.02. The maximum Gasteiger partial charge on any atom is 0.199 e. The van der Waals surface area contributed by atoms with Gasteiger partial charge < -0.3 is 10.2 Å². The molecular formula is C16H20N2O. The first-order valence-corrected chi connectivity index (χ1v) is 6.98. The van der Waals surface area contributed by atoms with Crippen LogP contribution in [0.1, 0.15) is 34.9 Å². The summed E-state index contributed by atoms with van der Waals surface area (Å²) in [6.45, 7) is 2.88. The molecule has 1 heterocycles. The lowest BCUT2D eigenvalue weighted by Crippen LogP contribution is -2.21. The molecule has 3 rings (SSSR count). The number of hydrogen-bond acceptors (Lipinski definition) is 3. The Kier molecular flexibility index (Phi) is 3.38. The molecule has 0 fully saturated rings. The highest BCUT2D eigenvalue weighted by Crippen LogP contribution is 2.26. The van der Waals surface area contributed by atoms with E-state index in [4.69, 9.17) is 10.2 Å². The molecule has 3 nitrogen and oxygen atoms in total. The van der Waals surface area contributed by atoms with E-state index >= 15 is 0 Å². The SMILES string of the molecule is Cc1ccccc1Cc1nc2c(o1)CCC(CN)C2. The van der Waals surface area contributed by atoms with E-state index in [1.165, 1.54) is 11.1 Å². The zero-order valence-corrected chi connectivity index (χ0v) is 11.4. The smallest absolute Gasteiger partial charge is 0.199 e. The van der Waals surface area contributed by atoms with E-state index in [-0.39, 0.29) is 0 Å². The molecule has 2 N–H and O–H groups in total. The summed E-state index contributed by atoms with van der Waals surface area (Å²) < 4.78 is 5.91. The molecule has 0 radical (unpaired) electrons. The molecule has 0 saturated heterocycles. The van der Waals surface area contributed by atoms with E-state index in [0.29, 0.717) is 5.92 Å². The van der Waals surface area contributed by atoms with E-state index < -0.39 is 0 Å². The minimum absolute atomic E-state index is 0.573. The van der Waals surface area contributed by atoms with Crippen LogP contribution in [-0.2, 0) is 19.3 Å². The Morgan fingerprint density at radius 1 is 1.37 bits per heavy atom. The van der Waals surface area contributed by atoms with E-state index in [0.717, 1.165) is 49.6 Å². The highest BCUT2D eigenvalue weighted by Gasteiger charge is 2.23. The maximum absolute atomic E-state index is 5.91. The summed E-state index contributed by atoms with van der Waals surface area (Å²) in [5.74, 6) is 2.49. The van der Waals surface area contributed by atoms with Crippen LogP contribution in [0.15, 0.2) is 28.7 Å². The van der Waals surface area contributed by atoms with Gasteiger partial charge in [0.25, 0.3) is 0 Å². The number of oxazole rings is 1. The van der Waals surface area contributed by atoms with Gasteiger partial charge in [0, 0.05) is 12.8 Å². The Hall–Kier alpha value is -1.61. The topological polar surface area (TPSA) is 52.0 Å². The van der Waals surface area contributed by atoms with Gasteiger partial charge in [-0.1, -0.05) is 24.3 Å². The molecule has 1 aliphatic carbocycles. The second-order valence-electron chi connectivity index (χ2n) is 5.43. The van der Waals surface area contributed by atoms with Crippen molar-refractivity contribution >= 4 is 0 Å². The lowest BCUT2D eigenvalue weighted by molar-refractivity contribution is 0.399. The van der Waals surface area contributed by atoms with Crippen molar-refractivity contribution < 1.29 is 4.42 Å². The number of aromatic nitrogens is 1. The average Bonchev–Trinajstić information content (AvgIpc) is 2.82. The van der Waals surface area contributed by atoms with Gasteiger partial charge in [-0.2, -0.15) is 0 Å². The molecular weight excluding hydrogens is 236 g/mol. The van der Waals surface area contributed by atoms with Crippen molar-refractivity contribution in [1.82, 2.24) is 4.98 Å². The van der Waals surface area contributed by atoms with E-state index in [9.17, 15) is 0 Å². The largest absolute Gasteiger partial charge is 0.445 e. The Labute approximate surface area is 113 Å². The Morgan fingerprint density at radius 3 is 3.00 bits per heavy atom. The van der Waals surface area contributed by atoms with Crippen molar-refractivity contribution in [1.29, 1.82) is 0 Å². The van der Waals surface area contributed by atoms with Gasteiger partial charge in [0.05, 0.1) is 5.69 Å². The third kappa shape index (κ3) is 2.56. The van der Waals surface area contributed by atoms with Crippen molar-refractivity contribution in [3.05, 3.63) is 52.7 Å². The fourth-order valence-electron chi connectivity index (χ4n) is 2.75. The number of nitrogens with two attached hydrogens (primary N) is 1. The van der Waals surface area contributed by atoms with Crippen LogP contribution in [0.25, 0.3) is 0 Å². The summed E-state index contributed by atoms with van der Waals surface area (Å²) in [6, 6.07) is 8.39.